The van der Waals surface area contributed by atoms with Gasteiger partial charge in [0.05, 0.1) is 0 Å². The van der Waals surface area contributed by atoms with Gasteiger partial charge < -0.3 is 5.32 Å². The van der Waals surface area contributed by atoms with Crippen molar-refractivity contribution in [3.8, 4) is 0 Å². The SMILES string of the molecule is CN1C2CNC(C2)C1C(F)(F)F. The van der Waals surface area contributed by atoms with Crippen LogP contribution in [0.1, 0.15) is 6.42 Å². The number of fused-ring (bicyclic) bond motifs is 2. The van der Waals surface area contributed by atoms with E-state index in [1.165, 1.54) is 4.90 Å². The highest BCUT2D eigenvalue weighted by Crippen LogP contribution is 2.37. The number of piperazine rings is 1. The smallest absolute Gasteiger partial charge is 0.310 e. The summed E-state index contributed by atoms with van der Waals surface area (Å²) in [4.78, 5) is 1.45. The van der Waals surface area contributed by atoms with E-state index in [9.17, 15) is 13.2 Å². The molecule has 0 aliphatic carbocycles. The summed E-state index contributed by atoms with van der Waals surface area (Å²) < 4.78 is 37.2. The molecule has 2 nitrogen and oxygen atoms in total. The number of hydrogen-bond donors (Lipinski definition) is 1. The van der Waals surface area contributed by atoms with Crippen LogP contribution in [0.25, 0.3) is 0 Å². The number of likely N-dealkylation sites (N-methyl/N-ethyl adjacent to an activating group) is 1. The highest BCUT2D eigenvalue weighted by Gasteiger charge is 2.56. The fraction of sp³-hybridized carbons (Fsp3) is 1.00. The highest BCUT2D eigenvalue weighted by molar-refractivity contribution is 5.05. The van der Waals surface area contributed by atoms with Crippen LogP contribution in [0, 0.1) is 0 Å². The van der Waals surface area contributed by atoms with Crippen molar-refractivity contribution in [2.24, 2.45) is 0 Å². The van der Waals surface area contributed by atoms with Gasteiger partial charge in [0, 0.05) is 18.6 Å². The van der Waals surface area contributed by atoms with Crippen LogP contribution in [0.2, 0.25) is 0 Å². The molecule has 1 N–H and O–H groups in total. The molecule has 2 saturated heterocycles. The Morgan fingerprint density at radius 1 is 1.42 bits per heavy atom. The van der Waals surface area contributed by atoms with Crippen molar-refractivity contribution in [2.45, 2.75) is 30.7 Å². The van der Waals surface area contributed by atoms with Crippen LogP contribution in [-0.4, -0.2) is 42.8 Å². The van der Waals surface area contributed by atoms with Gasteiger partial charge in [-0.1, -0.05) is 0 Å². The van der Waals surface area contributed by atoms with Crippen LogP contribution in [0.3, 0.4) is 0 Å². The molecule has 2 rings (SSSR count). The summed E-state index contributed by atoms with van der Waals surface area (Å²) in [7, 11) is 1.56. The predicted octanol–water partition coefficient (Wildman–Crippen LogP) is 0.593. The Morgan fingerprint density at radius 2 is 2.08 bits per heavy atom. The topological polar surface area (TPSA) is 15.3 Å². The summed E-state index contributed by atoms with van der Waals surface area (Å²) in [6.07, 6.45) is -3.44. The Hall–Kier alpha value is -0.290. The number of alkyl halides is 3. The van der Waals surface area contributed by atoms with Gasteiger partial charge in [0.2, 0.25) is 0 Å². The van der Waals surface area contributed by atoms with Gasteiger partial charge in [-0.25, -0.2) is 0 Å². The molecular weight excluding hydrogens is 169 g/mol. The second-order valence-corrected chi connectivity index (χ2v) is 3.56. The molecule has 12 heavy (non-hydrogen) atoms. The number of hydrogen-bond acceptors (Lipinski definition) is 2. The zero-order chi connectivity index (χ0) is 8.93. The van der Waals surface area contributed by atoms with E-state index in [0.29, 0.717) is 13.0 Å². The molecule has 0 aromatic carbocycles. The summed E-state index contributed by atoms with van der Waals surface area (Å²) >= 11 is 0. The summed E-state index contributed by atoms with van der Waals surface area (Å²) in [5.41, 5.74) is 0. The van der Waals surface area contributed by atoms with Crippen LogP contribution >= 0.6 is 0 Å². The normalized spacial score (nSPS) is 42.5. The number of likely N-dealkylation sites (tertiary alicyclic amines) is 1. The standard InChI is InChI=1S/C7H11F3N2/c1-12-4-2-5(11-3-4)6(12)7(8,9)10/h4-6,11H,2-3H2,1H3. The molecule has 0 radical (unpaired) electrons. The first kappa shape index (κ1) is 8.31. The minimum atomic E-state index is -4.08. The first-order valence-electron chi connectivity index (χ1n) is 4.02. The maximum Gasteiger partial charge on any atom is 0.405 e. The first-order valence-corrected chi connectivity index (χ1v) is 4.02. The van der Waals surface area contributed by atoms with Crippen LogP contribution in [0.5, 0.6) is 0 Å². The average molecular weight is 180 g/mol. The van der Waals surface area contributed by atoms with E-state index in [0.717, 1.165) is 0 Å². The van der Waals surface area contributed by atoms with Gasteiger partial charge in [-0.3, -0.25) is 4.90 Å². The van der Waals surface area contributed by atoms with E-state index in [-0.39, 0.29) is 12.1 Å². The fourth-order valence-electron chi connectivity index (χ4n) is 2.27. The van der Waals surface area contributed by atoms with Crippen molar-refractivity contribution in [3.05, 3.63) is 0 Å². The molecule has 0 amide bonds. The fourth-order valence-corrected chi connectivity index (χ4v) is 2.27. The molecule has 5 heteroatoms. The minimum Gasteiger partial charge on any atom is -0.310 e. The van der Waals surface area contributed by atoms with Gasteiger partial charge >= 0.3 is 6.18 Å². The third kappa shape index (κ3) is 1.03. The second kappa shape index (κ2) is 2.35. The lowest BCUT2D eigenvalue weighted by Crippen LogP contribution is -2.56. The Balaban J connectivity index is 2.17. The van der Waals surface area contributed by atoms with Crippen LogP contribution < -0.4 is 5.32 Å². The third-order valence-corrected chi connectivity index (χ3v) is 2.87. The van der Waals surface area contributed by atoms with E-state index >= 15 is 0 Å². The van der Waals surface area contributed by atoms with Crippen LogP contribution in [-0.2, 0) is 0 Å². The van der Waals surface area contributed by atoms with Crippen molar-refractivity contribution < 1.29 is 13.2 Å². The largest absolute Gasteiger partial charge is 0.405 e. The Morgan fingerprint density at radius 3 is 2.42 bits per heavy atom. The summed E-state index contributed by atoms with van der Waals surface area (Å²) in [5, 5.41) is 2.88. The van der Waals surface area contributed by atoms with Crippen LogP contribution in [0.4, 0.5) is 13.2 Å². The Kier molecular flexibility index (Phi) is 1.63. The number of rotatable bonds is 0. The first-order chi connectivity index (χ1) is 5.50. The molecule has 3 atom stereocenters. The van der Waals surface area contributed by atoms with Crippen LogP contribution in [0.15, 0.2) is 0 Å². The summed E-state index contributed by atoms with van der Waals surface area (Å²) in [6, 6.07) is -1.56. The molecule has 70 valence electrons. The molecule has 0 aromatic heterocycles. The molecule has 2 aliphatic heterocycles. The zero-order valence-electron chi connectivity index (χ0n) is 6.73. The molecule has 2 heterocycles. The summed E-state index contributed by atoms with van der Waals surface area (Å²) in [5.74, 6) is 0. The van der Waals surface area contributed by atoms with Gasteiger partial charge in [-0.05, 0) is 13.5 Å². The van der Waals surface area contributed by atoms with E-state index in [4.69, 9.17) is 0 Å². The highest BCUT2D eigenvalue weighted by atomic mass is 19.4. The third-order valence-electron chi connectivity index (χ3n) is 2.87. The molecule has 0 spiro atoms. The van der Waals surface area contributed by atoms with Crippen molar-refractivity contribution in [1.29, 1.82) is 0 Å². The van der Waals surface area contributed by atoms with E-state index in [1.807, 2.05) is 0 Å². The quantitative estimate of drug-likeness (QED) is 0.587. The van der Waals surface area contributed by atoms with E-state index in [2.05, 4.69) is 5.32 Å². The number of nitrogens with zero attached hydrogens (tertiary/aromatic N) is 1. The monoisotopic (exact) mass is 180 g/mol. The van der Waals surface area contributed by atoms with E-state index in [1.54, 1.807) is 7.05 Å². The van der Waals surface area contributed by atoms with Gasteiger partial charge in [-0.15, -0.1) is 0 Å². The molecule has 0 saturated carbocycles. The molecule has 2 fully saturated rings. The van der Waals surface area contributed by atoms with Crippen molar-refractivity contribution in [1.82, 2.24) is 10.2 Å². The van der Waals surface area contributed by atoms with Crippen molar-refractivity contribution in [3.63, 3.8) is 0 Å². The predicted molar refractivity (Wildman–Crippen MR) is 37.8 cm³/mol. The zero-order valence-corrected chi connectivity index (χ0v) is 6.73. The van der Waals surface area contributed by atoms with Gasteiger partial charge in [0.1, 0.15) is 6.04 Å². The molecule has 3 unspecified atom stereocenters. The van der Waals surface area contributed by atoms with Gasteiger partial charge in [-0.2, -0.15) is 13.2 Å². The lowest BCUT2D eigenvalue weighted by Gasteiger charge is -2.33. The van der Waals surface area contributed by atoms with Crippen molar-refractivity contribution in [2.75, 3.05) is 13.6 Å². The molecule has 2 bridgehead atoms. The lowest BCUT2D eigenvalue weighted by atomic mass is 10.1. The lowest BCUT2D eigenvalue weighted by molar-refractivity contribution is -0.184. The second-order valence-electron chi connectivity index (χ2n) is 3.56. The maximum atomic E-state index is 12.4. The maximum absolute atomic E-state index is 12.4. The Labute approximate surface area is 68.7 Å². The molecule has 2 aliphatic rings. The Bertz CT molecular complexity index is 190. The minimum absolute atomic E-state index is 0.0848. The summed E-state index contributed by atoms with van der Waals surface area (Å²) in [6.45, 7) is 0.702. The molecular formula is C7H11F3N2. The number of halogens is 3. The number of nitrogens with one attached hydrogen (secondary N) is 1. The van der Waals surface area contributed by atoms with Crippen molar-refractivity contribution >= 4 is 0 Å². The van der Waals surface area contributed by atoms with E-state index < -0.39 is 12.2 Å². The van der Waals surface area contributed by atoms with Gasteiger partial charge in [0.25, 0.3) is 0 Å². The molecule has 0 aromatic rings. The van der Waals surface area contributed by atoms with Gasteiger partial charge in [0.15, 0.2) is 0 Å². The average Bonchev–Trinajstić information content (AvgIpc) is 2.42.